The lowest BCUT2D eigenvalue weighted by Crippen LogP contribution is -2.43. The Labute approximate surface area is 98.1 Å². The fraction of sp³-hybridized carbons (Fsp3) is 0.900. The van der Waals surface area contributed by atoms with Gasteiger partial charge in [-0.2, -0.15) is 5.26 Å². The molecule has 0 aliphatic rings. The zero-order chi connectivity index (χ0) is 12.8. The molecule has 0 radical (unpaired) electrons. The van der Waals surface area contributed by atoms with Crippen LogP contribution in [0.15, 0.2) is 0 Å². The van der Waals surface area contributed by atoms with Crippen LogP contribution >= 0.6 is 0 Å². The summed E-state index contributed by atoms with van der Waals surface area (Å²) >= 11 is 0. The maximum atomic E-state index is 11.1. The van der Waals surface area contributed by atoms with Crippen molar-refractivity contribution in [3.63, 3.8) is 0 Å². The molecule has 94 valence electrons. The highest BCUT2D eigenvalue weighted by atomic mass is 32.2. The summed E-state index contributed by atoms with van der Waals surface area (Å²) in [6.45, 7) is 4.76. The molecule has 1 atom stereocenters. The number of nitrogens with zero attached hydrogens (tertiary/aromatic N) is 1. The van der Waals surface area contributed by atoms with Crippen LogP contribution in [0.4, 0.5) is 0 Å². The zero-order valence-corrected chi connectivity index (χ0v) is 11.2. The lowest BCUT2D eigenvalue weighted by Gasteiger charge is -2.20. The van der Waals surface area contributed by atoms with Gasteiger partial charge in [-0.3, -0.25) is 0 Å². The van der Waals surface area contributed by atoms with Gasteiger partial charge in [0, 0.05) is 25.4 Å². The Morgan fingerprint density at radius 2 is 2.00 bits per heavy atom. The normalized spacial score (nSPS) is 14.4. The Morgan fingerprint density at radius 3 is 2.38 bits per heavy atom. The molecule has 16 heavy (non-hydrogen) atoms. The molecule has 1 unspecified atom stereocenters. The monoisotopic (exact) mass is 247 g/mol. The maximum Gasteiger partial charge on any atom is 0.149 e. The molecule has 2 N–H and O–H groups in total. The molecule has 0 saturated heterocycles. The highest BCUT2D eigenvalue weighted by molar-refractivity contribution is 7.90. The highest BCUT2D eigenvalue weighted by Gasteiger charge is 2.18. The van der Waals surface area contributed by atoms with Gasteiger partial charge in [-0.15, -0.1) is 0 Å². The molecule has 0 aliphatic carbocycles. The summed E-state index contributed by atoms with van der Waals surface area (Å²) in [6.07, 6.45) is 1.22. The van der Waals surface area contributed by atoms with Crippen molar-refractivity contribution in [1.29, 1.82) is 5.26 Å². The summed E-state index contributed by atoms with van der Waals surface area (Å²) < 4.78 is 22.2. The molecule has 0 aliphatic heterocycles. The Bertz CT molecular complexity index is 344. The molecule has 0 fully saturated rings. The minimum atomic E-state index is -2.97. The van der Waals surface area contributed by atoms with E-state index in [9.17, 15) is 8.42 Å². The lowest BCUT2D eigenvalue weighted by atomic mass is 9.96. The van der Waals surface area contributed by atoms with E-state index in [1.54, 1.807) is 7.05 Å². The van der Waals surface area contributed by atoms with Gasteiger partial charge in [0.1, 0.15) is 9.84 Å². The molecule has 0 aromatic carbocycles. The van der Waals surface area contributed by atoms with E-state index in [0.29, 0.717) is 13.1 Å². The fourth-order valence-electron chi connectivity index (χ4n) is 1.21. The number of nitriles is 1. The predicted molar refractivity (Wildman–Crippen MR) is 64.8 cm³/mol. The van der Waals surface area contributed by atoms with E-state index in [4.69, 9.17) is 5.26 Å². The van der Waals surface area contributed by atoms with Crippen molar-refractivity contribution in [1.82, 2.24) is 10.6 Å². The maximum absolute atomic E-state index is 11.1. The average molecular weight is 247 g/mol. The van der Waals surface area contributed by atoms with E-state index in [0.717, 1.165) is 0 Å². The topological polar surface area (TPSA) is 82.0 Å². The van der Waals surface area contributed by atoms with Gasteiger partial charge < -0.3 is 10.6 Å². The summed E-state index contributed by atoms with van der Waals surface area (Å²) in [5.74, 6) is 0.101. The summed E-state index contributed by atoms with van der Waals surface area (Å²) in [5.41, 5.74) is -0.427. The van der Waals surface area contributed by atoms with Gasteiger partial charge in [-0.05, 0) is 20.9 Å². The first-order valence-corrected chi connectivity index (χ1v) is 7.23. The molecule has 0 aromatic rings. The molecule has 0 bridgehead atoms. The van der Waals surface area contributed by atoms with Gasteiger partial charge in [0.05, 0.1) is 17.2 Å². The molecule has 5 nitrogen and oxygen atoms in total. The third kappa shape index (κ3) is 7.63. The van der Waals surface area contributed by atoms with Crippen LogP contribution in [0.25, 0.3) is 0 Å². The Balaban J connectivity index is 4.04. The van der Waals surface area contributed by atoms with E-state index in [2.05, 4.69) is 16.7 Å². The van der Waals surface area contributed by atoms with Crippen LogP contribution < -0.4 is 10.6 Å². The number of likely N-dealkylation sites (N-methyl/N-ethyl adjacent to an activating group) is 1. The molecule has 0 rings (SSSR count). The van der Waals surface area contributed by atoms with Crippen LogP contribution in [0.3, 0.4) is 0 Å². The number of hydrogen-bond donors (Lipinski definition) is 2. The second-order valence-electron chi connectivity index (χ2n) is 4.70. The summed E-state index contributed by atoms with van der Waals surface area (Å²) in [7, 11) is -1.25. The van der Waals surface area contributed by atoms with E-state index in [1.807, 2.05) is 13.8 Å². The van der Waals surface area contributed by atoms with Crippen LogP contribution in [0.1, 0.15) is 13.8 Å². The Morgan fingerprint density at radius 1 is 1.44 bits per heavy atom. The fourth-order valence-corrected chi connectivity index (χ4v) is 2.22. The summed E-state index contributed by atoms with van der Waals surface area (Å²) in [6, 6.07) is 2.06. The molecule has 0 saturated carbocycles. The van der Waals surface area contributed by atoms with Crippen molar-refractivity contribution in [2.75, 3.05) is 32.1 Å². The van der Waals surface area contributed by atoms with Crippen molar-refractivity contribution in [3.05, 3.63) is 0 Å². The van der Waals surface area contributed by atoms with Crippen molar-refractivity contribution in [2.24, 2.45) is 5.41 Å². The van der Waals surface area contributed by atoms with Gasteiger partial charge in [-0.25, -0.2) is 8.42 Å². The SMILES string of the molecule is CNC(CNCC(C)(C)C#N)CS(C)(=O)=O. The van der Waals surface area contributed by atoms with Crippen LogP contribution in [-0.4, -0.2) is 46.6 Å². The molecular formula is C10H21N3O2S. The summed E-state index contributed by atoms with van der Waals surface area (Å²) in [5, 5.41) is 14.8. The Hall–Kier alpha value is -0.640. The number of hydrogen-bond acceptors (Lipinski definition) is 5. The molecule has 0 heterocycles. The standard InChI is InChI=1S/C10H21N3O2S/c1-10(2,7-11)8-13-5-9(12-3)6-16(4,14)15/h9,12-13H,5-6,8H2,1-4H3. The van der Waals surface area contributed by atoms with Gasteiger partial charge in [0.15, 0.2) is 0 Å². The van der Waals surface area contributed by atoms with Gasteiger partial charge in [-0.1, -0.05) is 0 Å². The van der Waals surface area contributed by atoms with Gasteiger partial charge >= 0.3 is 0 Å². The number of nitrogens with one attached hydrogen (secondary N) is 2. The van der Waals surface area contributed by atoms with Crippen LogP contribution in [0.2, 0.25) is 0 Å². The molecule has 6 heteroatoms. The van der Waals surface area contributed by atoms with E-state index >= 15 is 0 Å². The third-order valence-electron chi connectivity index (χ3n) is 2.17. The molecule has 0 amide bonds. The first kappa shape index (κ1) is 15.4. The van der Waals surface area contributed by atoms with Gasteiger partial charge in [0.25, 0.3) is 0 Å². The van der Waals surface area contributed by atoms with E-state index in [-0.39, 0.29) is 11.8 Å². The highest BCUT2D eigenvalue weighted by Crippen LogP contribution is 2.10. The second kappa shape index (κ2) is 6.18. The van der Waals surface area contributed by atoms with Crippen LogP contribution in [0, 0.1) is 16.7 Å². The number of sulfone groups is 1. The molecular weight excluding hydrogens is 226 g/mol. The number of rotatable bonds is 7. The van der Waals surface area contributed by atoms with Crippen LogP contribution in [-0.2, 0) is 9.84 Å². The summed E-state index contributed by atoms with van der Waals surface area (Å²) in [4.78, 5) is 0. The second-order valence-corrected chi connectivity index (χ2v) is 6.89. The largest absolute Gasteiger partial charge is 0.315 e. The average Bonchev–Trinajstić information content (AvgIpc) is 2.14. The predicted octanol–water partition coefficient (Wildman–Crippen LogP) is -0.242. The van der Waals surface area contributed by atoms with E-state index < -0.39 is 15.3 Å². The first-order chi connectivity index (χ1) is 7.20. The first-order valence-electron chi connectivity index (χ1n) is 5.17. The third-order valence-corrected chi connectivity index (χ3v) is 3.18. The molecule has 0 spiro atoms. The van der Waals surface area contributed by atoms with Crippen molar-refractivity contribution in [2.45, 2.75) is 19.9 Å². The van der Waals surface area contributed by atoms with Crippen molar-refractivity contribution in [3.8, 4) is 6.07 Å². The zero-order valence-electron chi connectivity index (χ0n) is 10.4. The smallest absolute Gasteiger partial charge is 0.149 e. The van der Waals surface area contributed by atoms with Gasteiger partial charge in [0.2, 0.25) is 0 Å². The lowest BCUT2D eigenvalue weighted by molar-refractivity contribution is 0.425. The van der Waals surface area contributed by atoms with Crippen molar-refractivity contribution < 1.29 is 8.42 Å². The Kier molecular flexibility index (Phi) is 5.94. The molecule has 0 aromatic heterocycles. The van der Waals surface area contributed by atoms with Crippen LogP contribution in [0.5, 0.6) is 0 Å². The minimum Gasteiger partial charge on any atom is -0.315 e. The van der Waals surface area contributed by atoms with Crippen molar-refractivity contribution >= 4 is 9.84 Å². The minimum absolute atomic E-state index is 0.101. The quantitative estimate of drug-likeness (QED) is 0.649. The van der Waals surface area contributed by atoms with E-state index in [1.165, 1.54) is 6.26 Å².